The maximum absolute atomic E-state index is 4.32. The third kappa shape index (κ3) is 0.938. The Bertz CT molecular complexity index is 424. The smallest absolute Gasteiger partial charge is 0.116 e. The van der Waals surface area contributed by atoms with Crippen molar-refractivity contribution in [2.24, 2.45) is 0 Å². The Labute approximate surface area is 78.5 Å². The monoisotopic (exact) mass is 184 g/mol. The van der Waals surface area contributed by atoms with Gasteiger partial charge in [0.1, 0.15) is 6.33 Å². The number of rotatable bonds is 0. The molecule has 0 unspecified atom stereocenters. The first-order valence-corrected chi connectivity index (χ1v) is 5.74. The fraction of sp³-hybridized carbons (Fsp3) is 0. The Morgan fingerprint density at radius 3 is 3.00 bits per heavy atom. The zero-order valence-corrected chi connectivity index (χ0v) is 8.48. The molecular formula is C10H8N2Si. The average Bonchev–Trinajstić information content (AvgIpc) is 2.56. The zero-order chi connectivity index (χ0) is 8.67. The van der Waals surface area contributed by atoms with Crippen molar-refractivity contribution in [3.8, 4) is 11.3 Å². The molecule has 1 aromatic heterocycles. The summed E-state index contributed by atoms with van der Waals surface area (Å²) in [4.78, 5) is 8.39. The van der Waals surface area contributed by atoms with Crippen LogP contribution in [0.1, 0.15) is 0 Å². The van der Waals surface area contributed by atoms with Crippen LogP contribution in [0.3, 0.4) is 0 Å². The lowest BCUT2D eigenvalue weighted by molar-refractivity contribution is 1.19. The van der Waals surface area contributed by atoms with Crippen LogP contribution in [-0.2, 0) is 0 Å². The summed E-state index contributed by atoms with van der Waals surface area (Å²) < 4.78 is 0. The van der Waals surface area contributed by atoms with Gasteiger partial charge in [-0.3, -0.25) is 0 Å². The van der Waals surface area contributed by atoms with Gasteiger partial charge < -0.3 is 0 Å². The van der Waals surface area contributed by atoms with Crippen LogP contribution < -0.4 is 10.4 Å². The predicted octanol–water partition coefficient (Wildman–Crippen LogP) is -0.423. The Hall–Kier alpha value is -1.48. The Morgan fingerprint density at radius 2 is 2.00 bits per heavy atom. The van der Waals surface area contributed by atoms with E-state index in [0.717, 1.165) is 5.69 Å². The van der Waals surface area contributed by atoms with E-state index in [4.69, 9.17) is 0 Å². The van der Waals surface area contributed by atoms with Crippen molar-refractivity contribution >= 4 is 19.9 Å². The van der Waals surface area contributed by atoms with Crippen molar-refractivity contribution in [3.05, 3.63) is 36.8 Å². The second-order valence-corrected chi connectivity index (χ2v) is 5.11. The van der Waals surface area contributed by atoms with Crippen molar-refractivity contribution in [1.29, 1.82) is 0 Å². The Balaban J connectivity index is 2.32. The van der Waals surface area contributed by atoms with Gasteiger partial charge in [0.05, 0.1) is 15.2 Å². The summed E-state index contributed by atoms with van der Waals surface area (Å²) >= 11 is 0. The van der Waals surface area contributed by atoms with E-state index in [1.807, 2.05) is 6.20 Å². The fourth-order valence-corrected chi connectivity index (χ4v) is 3.63. The summed E-state index contributed by atoms with van der Waals surface area (Å²) in [6.07, 6.45) is 3.60. The predicted molar refractivity (Wildman–Crippen MR) is 55.3 cm³/mol. The molecule has 0 saturated carbocycles. The first-order chi connectivity index (χ1) is 6.45. The van der Waals surface area contributed by atoms with Gasteiger partial charge in [0, 0.05) is 6.20 Å². The lowest BCUT2D eigenvalue weighted by Gasteiger charge is -1.97. The van der Waals surface area contributed by atoms with Crippen molar-refractivity contribution in [2.75, 3.05) is 0 Å². The topological polar surface area (TPSA) is 25.8 Å². The maximum atomic E-state index is 4.32. The Kier molecular flexibility index (Phi) is 1.34. The lowest BCUT2D eigenvalue weighted by Crippen LogP contribution is -2.21. The molecular weight excluding hydrogens is 176 g/mol. The fourth-order valence-electron chi connectivity index (χ4n) is 1.84. The summed E-state index contributed by atoms with van der Waals surface area (Å²) in [5.74, 6) is 0. The SMILES string of the molecule is c1ccc2c(c1)[SiH2]c1cncnc1-2. The number of fused-ring (bicyclic) bond motifs is 3. The molecule has 0 amide bonds. The van der Waals surface area contributed by atoms with Gasteiger partial charge in [-0.05, 0) is 10.8 Å². The van der Waals surface area contributed by atoms with Crippen LogP contribution in [0.2, 0.25) is 0 Å². The minimum atomic E-state index is -0.285. The molecule has 2 nitrogen and oxygen atoms in total. The van der Waals surface area contributed by atoms with Crippen molar-refractivity contribution < 1.29 is 0 Å². The summed E-state index contributed by atoms with van der Waals surface area (Å²) in [6.45, 7) is 0. The summed E-state index contributed by atoms with van der Waals surface area (Å²) in [7, 11) is -0.285. The van der Waals surface area contributed by atoms with Crippen LogP contribution in [0.4, 0.5) is 0 Å². The number of hydrogen-bond donors (Lipinski definition) is 0. The van der Waals surface area contributed by atoms with Crippen molar-refractivity contribution in [3.63, 3.8) is 0 Å². The molecule has 0 N–H and O–H groups in total. The van der Waals surface area contributed by atoms with Crippen LogP contribution >= 0.6 is 0 Å². The quantitative estimate of drug-likeness (QED) is 0.443. The van der Waals surface area contributed by atoms with Crippen LogP contribution in [0, 0.1) is 0 Å². The minimum absolute atomic E-state index is 0.285. The highest BCUT2D eigenvalue weighted by atomic mass is 28.2. The number of hydrogen-bond acceptors (Lipinski definition) is 2. The molecule has 1 aliphatic heterocycles. The Morgan fingerprint density at radius 1 is 1.08 bits per heavy atom. The van der Waals surface area contributed by atoms with Gasteiger partial charge in [0.25, 0.3) is 0 Å². The van der Waals surface area contributed by atoms with Crippen molar-refractivity contribution in [1.82, 2.24) is 9.97 Å². The van der Waals surface area contributed by atoms with E-state index < -0.39 is 0 Å². The van der Waals surface area contributed by atoms with Crippen molar-refractivity contribution in [2.45, 2.75) is 0 Å². The zero-order valence-electron chi connectivity index (χ0n) is 7.07. The molecule has 0 atom stereocenters. The maximum Gasteiger partial charge on any atom is 0.116 e. The summed E-state index contributed by atoms with van der Waals surface area (Å²) in [6, 6.07) is 8.54. The first-order valence-electron chi connectivity index (χ1n) is 4.32. The number of nitrogens with zero attached hydrogens (tertiary/aromatic N) is 2. The molecule has 3 rings (SSSR count). The van der Waals surface area contributed by atoms with Crippen LogP contribution in [-0.4, -0.2) is 19.5 Å². The second kappa shape index (κ2) is 2.50. The lowest BCUT2D eigenvalue weighted by atomic mass is 10.1. The molecule has 0 saturated heterocycles. The molecule has 0 radical (unpaired) electrons. The van der Waals surface area contributed by atoms with E-state index in [2.05, 4.69) is 34.2 Å². The number of benzene rings is 1. The normalized spacial score (nSPS) is 14.2. The largest absolute Gasteiger partial charge is 0.245 e. The molecule has 0 aliphatic carbocycles. The minimum Gasteiger partial charge on any atom is -0.245 e. The first kappa shape index (κ1) is 6.97. The second-order valence-electron chi connectivity index (χ2n) is 3.23. The van der Waals surface area contributed by atoms with E-state index >= 15 is 0 Å². The van der Waals surface area contributed by atoms with E-state index in [1.54, 1.807) is 6.33 Å². The van der Waals surface area contributed by atoms with Gasteiger partial charge in [0.2, 0.25) is 0 Å². The van der Waals surface area contributed by atoms with E-state index in [9.17, 15) is 0 Å². The highest BCUT2D eigenvalue weighted by Crippen LogP contribution is 2.15. The molecule has 1 aromatic carbocycles. The molecule has 0 bridgehead atoms. The van der Waals surface area contributed by atoms with Crippen LogP contribution in [0.5, 0.6) is 0 Å². The van der Waals surface area contributed by atoms with Gasteiger partial charge in [-0.2, -0.15) is 0 Å². The molecule has 2 heterocycles. The van der Waals surface area contributed by atoms with E-state index in [0.29, 0.717) is 0 Å². The summed E-state index contributed by atoms with van der Waals surface area (Å²) in [5.41, 5.74) is 2.49. The standard InChI is InChI=1S/C10H8N2Si/c1-2-4-8-7(3-1)10-9(13-8)5-11-6-12-10/h1-6H,13H2. The van der Waals surface area contributed by atoms with E-state index in [1.165, 1.54) is 15.9 Å². The molecule has 62 valence electrons. The molecule has 13 heavy (non-hydrogen) atoms. The van der Waals surface area contributed by atoms with Gasteiger partial charge in [-0.15, -0.1) is 0 Å². The molecule has 3 heteroatoms. The van der Waals surface area contributed by atoms with E-state index in [-0.39, 0.29) is 9.52 Å². The van der Waals surface area contributed by atoms with Crippen LogP contribution in [0.15, 0.2) is 36.8 Å². The number of aromatic nitrogens is 2. The van der Waals surface area contributed by atoms with Gasteiger partial charge in [0.15, 0.2) is 0 Å². The molecule has 0 spiro atoms. The third-order valence-corrected chi connectivity index (χ3v) is 4.34. The average molecular weight is 184 g/mol. The molecule has 2 aromatic rings. The third-order valence-electron chi connectivity index (χ3n) is 2.44. The summed E-state index contributed by atoms with van der Waals surface area (Å²) in [5, 5.41) is 2.88. The van der Waals surface area contributed by atoms with Gasteiger partial charge in [-0.1, -0.05) is 29.5 Å². The molecule has 1 aliphatic rings. The highest BCUT2D eigenvalue weighted by Gasteiger charge is 2.18. The molecule has 0 fully saturated rings. The van der Waals surface area contributed by atoms with Gasteiger partial charge in [-0.25, -0.2) is 9.97 Å². The van der Waals surface area contributed by atoms with Gasteiger partial charge >= 0.3 is 0 Å². The highest BCUT2D eigenvalue weighted by molar-refractivity contribution is 6.73. The van der Waals surface area contributed by atoms with Crippen LogP contribution in [0.25, 0.3) is 11.3 Å².